The number of carbonyl (C=O) groups excluding carboxylic acids is 1. The number of para-hydroxylation sites is 1. The molecule has 0 aliphatic heterocycles. The van der Waals surface area contributed by atoms with Crippen molar-refractivity contribution in [1.82, 2.24) is 14.5 Å². The highest BCUT2D eigenvalue weighted by Crippen LogP contribution is 2.32. The van der Waals surface area contributed by atoms with Crippen molar-refractivity contribution in [3.8, 4) is 5.69 Å². The molecule has 0 aliphatic carbocycles. The predicted octanol–water partition coefficient (Wildman–Crippen LogP) is 8.91. The molecule has 0 saturated heterocycles. The number of unbranched alkanes of at least 4 members (excludes halogenated alkanes) is 3. The lowest BCUT2D eigenvalue weighted by molar-refractivity contribution is 0.179. The van der Waals surface area contributed by atoms with Gasteiger partial charge in [-0.2, -0.15) is 0 Å². The van der Waals surface area contributed by atoms with Crippen LogP contribution in [-0.4, -0.2) is 27.0 Å². The summed E-state index contributed by atoms with van der Waals surface area (Å²) in [5.74, 6) is 0.478. The number of hydrogen-bond acceptors (Lipinski definition) is 3. The maximum Gasteiger partial charge on any atom is 0.322 e. The zero-order valence-corrected chi connectivity index (χ0v) is 24.2. The first kappa shape index (κ1) is 28.9. The second-order valence-electron chi connectivity index (χ2n) is 9.31. The third-order valence-electron chi connectivity index (χ3n) is 6.65. The minimum Gasteiger partial charge on any atom is -0.314 e. The van der Waals surface area contributed by atoms with Gasteiger partial charge in [0.2, 0.25) is 0 Å². The standard InChI is InChI=1S/C30H31Cl3N4O2/c1-3-5-6-9-19-36(30(39)35-25-14-10-12-23(32)27(25)33)26(4-2)28-34-24-13-8-7-11-22(24)29(38)37(28)21-17-15-20(31)16-18-21/h7-8,10-18,26H,3-6,9,19H2,1-2H3,(H,35,39). The van der Waals surface area contributed by atoms with E-state index in [9.17, 15) is 9.59 Å². The summed E-state index contributed by atoms with van der Waals surface area (Å²) in [6.07, 6.45) is 4.45. The smallest absolute Gasteiger partial charge is 0.314 e. The number of aromatic nitrogens is 2. The largest absolute Gasteiger partial charge is 0.322 e. The van der Waals surface area contributed by atoms with E-state index in [1.807, 2.05) is 25.1 Å². The zero-order chi connectivity index (χ0) is 27.9. The number of nitrogens with one attached hydrogen (secondary N) is 1. The van der Waals surface area contributed by atoms with Crippen molar-refractivity contribution in [2.75, 3.05) is 11.9 Å². The average molecular weight is 586 g/mol. The minimum atomic E-state index is -0.502. The van der Waals surface area contributed by atoms with Crippen LogP contribution in [0.5, 0.6) is 0 Å². The molecule has 1 N–H and O–H groups in total. The van der Waals surface area contributed by atoms with Gasteiger partial charge in [-0.05, 0) is 61.4 Å². The molecule has 1 aromatic heterocycles. The highest BCUT2D eigenvalue weighted by atomic mass is 35.5. The van der Waals surface area contributed by atoms with Gasteiger partial charge in [0.1, 0.15) is 5.82 Å². The van der Waals surface area contributed by atoms with Gasteiger partial charge in [-0.3, -0.25) is 9.36 Å². The molecule has 0 radical (unpaired) electrons. The average Bonchev–Trinajstić information content (AvgIpc) is 2.94. The van der Waals surface area contributed by atoms with Crippen LogP contribution in [-0.2, 0) is 0 Å². The Bertz CT molecular complexity index is 1500. The Kier molecular flexibility index (Phi) is 9.89. The normalized spacial score (nSPS) is 11.9. The number of hydrogen-bond donors (Lipinski definition) is 1. The topological polar surface area (TPSA) is 67.2 Å². The molecule has 6 nitrogen and oxygen atoms in total. The van der Waals surface area contributed by atoms with Gasteiger partial charge in [-0.1, -0.05) is 86.1 Å². The van der Waals surface area contributed by atoms with E-state index in [0.717, 1.165) is 25.7 Å². The highest BCUT2D eigenvalue weighted by Gasteiger charge is 2.29. The second-order valence-corrected chi connectivity index (χ2v) is 10.5. The lowest BCUT2D eigenvalue weighted by Gasteiger charge is -2.32. The Labute approximate surface area is 243 Å². The zero-order valence-electron chi connectivity index (χ0n) is 22.0. The highest BCUT2D eigenvalue weighted by molar-refractivity contribution is 6.44. The summed E-state index contributed by atoms with van der Waals surface area (Å²) < 4.78 is 1.59. The summed E-state index contributed by atoms with van der Waals surface area (Å²) in [5, 5.41) is 4.61. The molecule has 4 aromatic rings. The third-order valence-corrected chi connectivity index (χ3v) is 7.72. The van der Waals surface area contributed by atoms with Gasteiger partial charge in [0.15, 0.2) is 0 Å². The Morgan fingerprint density at radius 1 is 0.949 bits per heavy atom. The van der Waals surface area contributed by atoms with Crippen LogP contribution in [0.2, 0.25) is 15.1 Å². The van der Waals surface area contributed by atoms with E-state index in [1.54, 1.807) is 58.0 Å². The van der Waals surface area contributed by atoms with Crippen LogP contribution in [0.1, 0.15) is 57.8 Å². The number of benzene rings is 3. The molecule has 0 aliphatic rings. The molecule has 4 rings (SSSR count). The molecule has 204 valence electrons. The molecule has 2 amide bonds. The van der Waals surface area contributed by atoms with Crippen LogP contribution < -0.4 is 10.9 Å². The SMILES string of the molecule is CCCCCCN(C(=O)Nc1cccc(Cl)c1Cl)C(CC)c1nc2ccccc2c(=O)n1-c1ccc(Cl)cc1. The lowest BCUT2D eigenvalue weighted by atomic mass is 10.1. The van der Waals surface area contributed by atoms with Crippen LogP contribution in [0.3, 0.4) is 0 Å². The van der Waals surface area contributed by atoms with Gasteiger partial charge in [0, 0.05) is 11.6 Å². The van der Waals surface area contributed by atoms with Crippen LogP contribution >= 0.6 is 34.8 Å². The first-order chi connectivity index (χ1) is 18.8. The molecule has 9 heteroatoms. The molecule has 0 spiro atoms. The fraction of sp³-hybridized carbons (Fsp3) is 0.300. The van der Waals surface area contributed by atoms with Crippen LogP contribution in [0.15, 0.2) is 71.5 Å². The number of rotatable bonds is 10. The molecular formula is C30H31Cl3N4O2. The fourth-order valence-corrected chi connectivity index (χ4v) is 5.12. The van der Waals surface area contributed by atoms with Gasteiger partial charge in [-0.15, -0.1) is 0 Å². The quantitative estimate of drug-likeness (QED) is 0.189. The van der Waals surface area contributed by atoms with Gasteiger partial charge < -0.3 is 10.2 Å². The van der Waals surface area contributed by atoms with E-state index in [1.165, 1.54) is 0 Å². The van der Waals surface area contributed by atoms with Gasteiger partial charge >= 0.3 is 6.03 Å². The number of halogens is 3. The molecule has 1 unspecified atom stereocenters. The molecule has 1 heterocycles. The van der Waals surface area contributed by atoms with Crippen LogP contribution in [0, 0.1) is 0 Å². The molecule has 0 saturated carbocycles. The summed E-state index contributed by atoms with van der Waals surface area (Å²) in [6.45, 7) is 4.60. The van der Waals surface area contributed by atoms with E-state index >= 15 is 0 Å². The Morgan fingerprint density at radius 2 is 1.69 bits per heavy atom. The molecule has 3 aromatic carbocycles. The van der Waals surface area contributed by atoms with Crippen molar-refractivity contribution in [3.63, 3.8) is 0 Å². The van der Waals surface area contributed by atoms with Gasteiger partial charge in [0.05, 0.1) is 38.4 Å². The first-order valence-corrected chi connectivity index (χ1v) is 14.3. The number of anilines is 1. The monoisotopic (exact) mass is 584 g/mol. The lowest BCUT2D eigenvalue weighted by Crippen LogP contribution is -2.41. The molecular weight excluding hydrogens is 555 g/mol. The van der Waals surface area contributed by atoms with E-state index in [2.05, 4.69) is 12.2 Å². The van der Waals surface area contributed by atoms with Crippen LogP contribution in [0.25, 0.3) is 16.6 Å². The minimum absolute atomic E-state index is 0.208. The van der Waals surface area contributed by atoms with E-state index in [0.29, 0.717) is 51.1 Å². The third kappa shape index (κ3) is 6.57. The Hall–Kier alpha value is -3.06. The maximum absolute atomic E-state index is 13.9. The summed E-state index contributed by atoms with van der Waals surface area (Å²) in [4.78, 5) is 34.4. The van der Waals surface area contributed by atoms with E-state index in [-0.39, 0.29) is 16.6 Å². The number of urea groups is 1. The number of carbonyl (C=O) groups is 1. The Balaban J connectivity index is 1.84. The number of nitrogens with zero attached hydrogens (tertiary/aromatic N) is 3. The van der Waals surface area contributed by atoms with Crippen molar-refractivity contribution in [1.29, 1.82) is 0 Å². The summed E-state index contributed by atoms with van der Waals surface area (Å²) in [5.41, 5.74) is 1.41. The fourth-order valence-electron chi connectivity index (χ4n) is 4.65. The van der Waals surface area contributed by atoms with Crippen molar-refractivity contribution < 1.29 is 4.79 Å². The van der Waals surface area contributed by atoms with Crippen molar-refractivity contribution in [2.24, 2.45) is 0 Å². The molecule has 0 fully saturated rings. The Morgan fingerprint density at radius 3 is 2.41 bits per heavy atom. The predicted molar refractivity (Wildman–Crippen MR) is 162 cm³/mol. The first-order valence-electron chi connectivity index (χ1n) is 13.1. The molecule has 39 heavy (non-hydrogen) atoms. The molecule has 0 bridgehead atoms. The van der Waals surface area contributed by atoms with Gasteiger partial charge in [0.25, 0.3) is 5.56 Å². The van der Waals surface area contributed by atoms with E-state index < -0.39 is 6.04 Å². The second kappa shape index (κ2) is 13.3. The molecule has 1 atom stereocenters. The summed E-state index contributed by atoms with van der Waals surface area (Å²) in [7, 11) is 0. The maximum atomic E-state index is 13.9. The summed E-state index contributed by atoms with van der Waals surface area (Å²) in [6, 6.07) is 18.6. The van der Waals surface area contributed by atoms with Crippen molar-refractivity contribution in [2.45, 2.75) is 52.0 Å². The van der Waals surface area contributed by atoms with Crippen LogP contribution in [0.4, 0.5) is 10.5 Å². The van der Waals surface area contributed by atoms with Crippen molar-refractivity contribution in [3.05, 3.63) is 98.0 Å². The number of amides is 2. The van der Waals surface area contributed by atoms with Crippen molar-refractivity contribution >= 4 is 57.4 Å². The summed E-state index contributed by atoms with van der Waals surface area (Å²) >= 11 is 18.7. The van der Waals surface area contributed by atoms with Gasteiger partial charge in [-0.25, -0.2) is 9.78 Å². The number of fused-ring (bicyclic) bond motifs is 1. The van der Waals surface area contributed by atoms with E-state index in [4.69, 9.17) is 39.8 Å².